The Kier molecular flexibility index (Phi) is 9.08. The van der Waals surface area contributed by atoms with Gasteiger partial charge in [-0.3, -0.25) is 19.7 Å². The van der Waals surface area contributed by atoms with Crippen molar-refractivity contribution in [1.29, 1.82) is 0 Å². The topological polar surface area (TPSA) is 127 Å². The summed E-state index contributed by atoms with van der Waals surface area (Å²) in [6, 6.07) is 4.14. The van der Waals surface area contributed by atoms with Crippen LogP contribution in [0.5, 0.6) is 0 Å². The van der Waals surface area contributed by atoms with Gasteiger partial charge < -0.3 is 16.4 Å². The fourth-order valence-electron chi connectivity index (χ4n) is 2.25. The number of benzene rings is 1. The highest BCUT2D eigenvalue weighted by atomic mass is 32.2. The van der Waals surface area contributed by atoms with E-state index < -0.39 is 17.0 Å². The summed E-state index contributed by atoms with van der Waals surface area (Å²) >= 11 is 1.60. The van der Waals surface area contributed by atoms with Gasteiger partial charge in [-0.25, -0.2) is 0 Å². The maximum Gasteiger partial charge on any atom is 0.269 e. The van der Waals surface area contributed by atoms with Crippen LogP contribution in [0.1, 0.15) is 26.7 Å². The van der Waals surface area contributed by atoms with Crippen molar-refractivity contribution in [3.05, 3.63) is 34.4 Å². The normalized spacial score (nSPS) is 13.1. The average molecular weight is 382 g/mol. The number of amides is 2. The Hall–Kier alpha value is -2.13. The van der Waals surface area contributed by atoms with Gasteiger partial charge in [0.15, 0.2) is 0 Å². The van der Waals surface area contributed by atoms with Crippen molar-refractivity contribution in [3.63, 3.8) is 0 Å². The number of anilines is 1. The van der Waals surface area contributed by atoms with E-state index in [0.717, 1.165) is 5.75 Å². The van der Waals surface area contributed by atoms with Gasteiger partial charge >= 0.3 is 0 Å². The molecule has 0 radical (unpaired) electrons. The molecule has 0 bridgehead atoms. The first-order chi connectivity index (χ1) is 12.2. The highest BCUT2D eigenvalue weighted by Crippen LogP contribution is 2.16. The van der Waals surface area contributed by atoms with Crippen LogP contribution in [-0.4, -0.2) is 40.8 Å². The number of nitrogens with two attached hydrogens (primary N) is 1. The molecule has 0 spiro atoms. The van der Waals surface area contributed by atoms with Gasteiger partial charge in [-0.1, -0.05) is 13.8 Å². The third-order valence-electron chi connectivity index (χ3n) is 3.66. The minimum absolute atomic E-state index is 0.0604. The Bertz CT molecular complexity index is 622. The van der Waals surface area contributed by atoms with Crippen molar-refractivity contribution in [2.75, 3.05) is 17.3 Å². The molecule has 0 aliphatic carbocycles. The maximum absolute atomic E-state index is 12.5. The molecule has 1 aromatic rings. The second-order valence-corrected chi connectivity index (χ2v) is 7.36. The molecule has 1 rings (SSSR count). The molecule has 0 saturated heterocycles. The van der Waals surface area contributed by atoms with E-state index in [4.69, 9.17) is 5.73 Å². The van der Waals surface area contributed by atoms with E-state index in [1.54, 1.807) is 11.8 Å². The van der Waals surface area contributed by atoms with Crippen molar-refractivity contribution < 1.29 is 14.5 Å². The van der Waals surface area contributed by atoms with Gasteiger partial charge in [0.25, 0.3) is 5.69 Å². The number of carbonyl (C=O) groups excluding carboxylic acids is 2. The zero-order chi connectivity index (χ0) is 19.7. The van der Waals surface area contributed by atoms with E-state index in [1.165, 1.54) is 24.3 Å². The lowest BCUT2D eigenvalue weighted by molar-refractivity contribution is -0.384. The standard InChI is InChI=1S/C17H26N4O4S/c1-11(2)10-15(20-16(22)14(18)8-9-26-3)17(23)19-12-4-6-13(7-5-12)21(24)25/h4-7,11,14-15H,8-10,18H2,1-3H3,(H,19,23)(H,20,22)/t14-,15-/m0/s1. The van der Waals surface area contributed by atoms with E-state index in [2.05, 4.69) is 10.6 Å². The van der Waals surface area contributed by atoms with Crippen LogP contribution in [0.3, 0.4) is 0 Å². The van der Waals surface area contributed by atoms with Crippen LogP contribution < -0.4 is 16.4 Å². The molecule has 2 atom stereocenters. The molecule has 0 aromatic heterocycles. The molecule has 4 N–H and O–H groups in total. The number of thioether (sulfide) groups is 1. The zero-order valence-electron chi connectivity index (χ0n) is 15.2. The number of nitrogens with zero attached hydrogens (tertiary/aromatic N) is 1. The van der Waals surface area contributed by atoms with E-state index in [1.807, 2.05) is 20.1 Å². The molecule has 9 heteroatoms. The highest BCUT2D eigenvalue weighted by molar-refractivity contribution is 7.98. The first-order valence-corrected chi connectivity index (χ1v) is 9.74. The zero-order valence-corrected chi connectivity index (χ0v) is 16.0. The quantitative estimate of drug-likeness (QED) is 0.420. The van der Waals surface area contributed by atoms with Gasteiger partial charge in [0.1, 0.15) is 6.04 Å². The molecule has 1 aromatic carbocycles. The molecule has 26 heavy (non-hydrogen) atoms. The lowest BCUT2D eigenvalue weighted by Crippen LogP contribution is -2.50. The summed E-state index contributed by atoms with van der Waals surface area (Å²) in [5.74, 6) is 0.213. The van der Waals surface area contributed by atoms with Crippen LogP contribution in [-0.2, 0) is 9.59 Å². The van der Waals surface area contributed by atoms with Crippen LogP contribution in [0.15, 0.2) is 24.3 Å². The smallest absolute Gasteiger partial charge is 0.269 e. The highest BCUT2D eigenvalue weighted by Gasteiger charge is 2.24. The van der Waals surface area contributed by atoms with Gasteiger partial charge in [-0.2, -0.15) is 11.8 Å². The number of rotatable bonds is 10. The van der Waals surface area contributed by atoms with E-state index in [-0.39, 0.29) is 23.4 Å². The number of nitrogens with one attached hydrogen (secondary N) is 2. The minimum Gasteiger partial charge on any atom is -0.343 e. The number of non-ortho nitro benzene ring substituents is 1. The first-order valence-electron chi connectivity index (χ1n) is 8.34. The molecule has 8 nitrogen and oxygen atoms in total. The van der Waals surface area contributed by atoms with Crippen molar-refractivity contribution in [2.45, 2.75) is 38.8 Å². The number of carbonyl (C=O) groups is 2. The molecule has 2 amide bonds. The van der Waals surface area contributed by atoms with Crippen LogP contribution in [0, 0.1) is 16.0 Å². The Labute approximate surface area is 157 Å². The van der Waals surface area contributed by atoms with E-state index in [9.17, 15) is 19.7 Å². The predicted molar refractivity (Wildman–Crippen MR) is 104 cm³/mol. The Morgan fingerprint density at radius 1 is 1.23 bits per heavy atom. The van der Waals surface area contributed by atoms with Crippen molar-refractivity contribution in [3.8, 4) is 0 Å². The second-order valence-electron chi connectivity index (χ2n) is 6.37. The first kappa shape index (κ1) is 21.9. The van der Waals surface area contributed by atoms with Crippen molar-refractivity contribution in [2.24, 2.45) is 11.7 Å². The third-order valence-corrected chi connectivity index (χ3v) is 4.30. The Morgan fingerprint density at radius 2 is 1.85 bits per heavy atom. The SMILES string of the molecule is CSCC[C@H](N)C(=O)N[C@@H](CC(C)C)C(=O)Nc1ccc([N+](=O)[O-])cc1. The van der Waals surface area contributed by atoms with E-state index >= 15 is 0 Å². The molecule has 0 fully saturated rings. The molecule has 0 saturated carbocycles. The van der Waals surface area contributed by atoms with Crippen LogP contribution in [0.25, 0.3) is 0 Å². The summed E-state index contributed by atoms with van der Waals surface area (Å²) in [7, 11) is 0. The largest absolute Gasteiger partial charge is 0.343 e. The molecule has 0 unspecified atom stereocenters. The molecule has 144 valence electrons. The van der Waals surface area contributed by atoms with Gasteiger partial charge in [-0.15, -0.1) is 0 Å². The summed E-state index contributed by atoms with van der Waals surface area (Å²) < 4.78 is 0. The van der Waals surface area contributed by atoms with Gasteiger partial charge in [-0.05, 0) is 42.9 Å². The number of hydrogen-bond acceptors (Lipinski definition) is 6. The summed E-state index contributed by atoms with van der Waals surface area (Å²) in [6.07, 6.45) is 2.93. The third kappa shape index (κ3) is 7.40. The number of nitro benzene ring substituents is 1. The van der Waals surface area contributed by atoms with Crippen LogP contribution in [0.2, 0.25) is 0 Å². The molecule has 0 aliphatic heterocycles. The lowest BCUT2D eigenvalue weighted by atomic mass is 10.0. The Balaban J connectivity index is 2.76. The van der Waals surface area contributed by atoms with Gasteiger partial charge in [0.2, 0.25) is 11.8 Å². The van der Waals surface area contributed by atoms with Crippen LogP contribution in [0.4, 0.5) is 11.4 Å². The summed E-state index contributed by atoms with van der Waals surface area (Å²) in [6.45, 7) is 3.90. The predicted octanol–water partition coefficient (Wildman–Crippen LogP) is 2.14. The molecular formula is C17H26N4O4S. The summed E-state index contributed by atoms with van der Waals surface area (Å²) in [5.41, 5.74) is 6.22. The monoisotopic (exact) mass is 382 g/mol. The van der Waals surface area contributed by atoms with Crippen molar-refractivity contribution in [1.82, 2.24) is 5.32 Å². The molecule has 0 aliphatic rings. The maximum atomic E-state index is 12.5. The summed E-state index contributed by atoms with van der Waals surface area (Å²) in [4.78, 5) is 34.9. The number of hydrogen-bond donors (Lipinski definition) is 3. The summed E-state index contributed by atoms with van der Waals surface area (Å²) in [5, 5.41) is 16.1. The fraction of sp³-hybridized carbons (Fsp3) is 0.529. The van der Waals surface area contributed by atoms with Gasteiger partial charge in [0, 0.05) is 17.8 Å². The second kappa shape index (κ2) is 10.8. The lowest BCUT2D eigenvalue weighted by Gasteiger charge is -2.22. The van der Waals surface area contributed by atoms with E-state index in [0.29, 0.717) is 18.5 Å². The molecule has 0 heterocycles. The Morgan fingerprint density at radius 3 is 2.35 bits per heavy atom. The minimum atomic E-state index is -0.724. The van der Waals surface area contributed by atoms with Crippen molar-refractivity contribution >= 4 is 35.0 Å². The van der Waals surface area contributed by atoms with Crippen LogP contribution >= 0.6 is 11.8 Å². The number of nitro groups is 1. The average Bonchev–Trinajstić information content (AvgIpc) is 2.58. The van der Waals surface area contributed by atoms with Gasteiger partial charge in [0.05, 0.1) is 11.0 Å². The fourth-order valence-corrected chi connectivity index (χ4v) is 2.74. The molecular weight excluding hydrogens is 356 g/mol.